The molecule has 8 rings (SSSR count). The smallest absolute Gasteiger partial charge is 0.419 e. The summed E-state index contributed by atoms with van der Waals surface area (Å²) in [6.07, 6.45) is -8.76. The van der Waals surface area contributed by atoms with Gasteiger partial charge in [-0.15, -0.1) is 0 Å². The third kappa shape index (κ3) is 6.45. The largest absolute Gasteiger partial charge is 0.461 e. The summed E-state index contributed by atoms with van der Waals surface area (Å²) in [4.78, 5) is 26.8. The van der Waals surface area contributed by atoms with Crippen LogP contribution in [0.4, 0.5) is 40.9 Å². The first-order valence-electron chi connectivity index (χ1n) is 18.4. The van der Waals surface area contributed by atoms with E-state index in [2.05, 4.69) is 9.97 Å². The van der Waals surface area contributed by atoms with E-state index in [0.29, 0.717) is 50.2 Å². The molecule has 6 atom stereocenters. The molecule has 0 saturated carbocycles. The molecular formula is C37H37F8N7O3S. The van der Waals surface area contributed by atoms with Gasteiger partial charge in [-0.3, -0.25) is 9.69 Å². The Labute approximate surface area is 320 Å². The number of carbonyl (C=O) groups is 1. The number of rotatable bonds is 8. The van der Waals surface area contributed by atoms with Crippen molar-refractivity contribution in [2.45, 2.75) is 80.5 Å². The number of aromatic nitrogens is 2. The first-order valence-corrected chi connectivity index (χ1v) is 19.3. The van der Waals surface area contributed by atoms with Crippen molar-refractivity contribution in [2.75, 3.05) is 50.8 Å². The number of thioether (sulfide) groups is 1. The van der Waals surface area contributed by atoms with Crippen LogP contribution in [0.3, 0.4) is 0 Å². The lowest BCUT2D eigenvalue weighted by molar-refractivity contribution is -0.155. The molecule has 2 aromatic rings. The number of carbonyl (C=O) groups excluding carboxylic acids is 1. The van der Waals surface area contributed by atoms with E-state index in [-0.39, 0.29) is 61.5 Å². The second-order valence-corrected chi connectivity index (χ2v) is 16.2. The Morgan fingerprint density at radius 2 is 1.93 bits per heavy atom. The molecule has 6 heterocycles. The number of amides is 1. The van der Waals surface area contributed by atoms with Crippen molar-refractivity contribution in [3.05, 3.63) is 51.3 Å². The van der Waals surface area contributed by atoms with Crippen LogP contribution in [0, 0.1) is 17.2 Å². The van der Waals surface area contributed by atoms with Gasteiger partial charge in [0.2, 0.25) is 0 Å². The van der Waals surface area contributed by atoms with Crippen molar-refractivity contribution >= 4 is 40.0 Å². The summed E-state index contributed by atoms with van der Waals surface area (Å²) in [5.74, 6) is -2.96. The van der Waals surface area contributed by atoms with Crippen LogP contribution in [-0.2, 0) is 21.9 Å². The number of likely N-dealkylation sites (tertiary alicyclic amines) is 1. The van der Waals surface area contributed by atoms with Gasteiger partial charge in [0.05, 0.1) is 50.7 Å². The van der Waals surface area contributed by atoms with Crippen LogP contribution < -0.4 is 15.4 Å². The van der Waals surface area contributed by atoms with Crippen LogP contribution in [0.5, 0.6) is 6.01 Å². The molecule has 2 N–H and O–H groups in total. The summed E-state index contributed by atoms with van der Waals surface area (Å²) in [6.45, 7) is 3.12. The quantitative estimate of drug-likeness (QED) is 0.296. The van der Waals surface area contributed by atoms with Gasteiger partial charge in [0.15, 0.2) is 0 Å². The molecule has 4 saturated heterocycles. The van der Waals surface area contributed by atoms with Gasteiger partial charge in [0.25, 0.3) is 5.91 Å². The molecule has 1 amide bonds. The van der Waals surface area contributed by atoms with E-state index >= 15 is 30.7 Å². The number of alkyl halides is 7. The summed E-state index contributed by atoms with van der Waals surface area (Å²) in [5, 5.41) is 7.78. The van der Waals surface area contributed by atoms with Crippen LogP contribution in [0.1, 0.15) is 55.7 Å². The Bertz CT molecular complexity index is 2100. The van der Waals surface area contributed by atoms with Gasteiger partial charge >= 0.3 is 18.4 Å². The average molecular weight is 812 g/mol. The number of hydrogen-bond acceptors (Lipinski definition) is 10. The zero-order valence-corrected chi connectivity index (χ0v) is 30.8. The van der Waals surface area contributed by atoms with E-state index < -0.39 is 92.4 Å². The summed E-state index contributed by atoms with van der Waals surface area (Å²) in [5.41, 5.74) is -1.41. The maximum Gasteiger partial charge on any atom is 0.419 e. The first kappa shape index (κ1) is 38.7. The van der Waals surface area contributed by atoms with Gasteiger partial charge in [0, 0.05) is 61.9 Å². The molecular weight excluding hydrogens is 775 g/mol. The fourth-order valence-corrected chi connectivity index (χ4v) is 10.4. The van der Waals surface area contributed by atoms with Crippen molar-refractivity contribution in [1.29, 1.82) is 5.26 Å². The SMILES string of the molecule is CCN(c1nc(OC[C@@]23CCCN2C[C@H](F)C3)nc2c(C(F)(F)F)c(C3=CC=C(F)C4SC(N)=C(C#N)C34)c(C(F)(F)F)cc12)[C@H]1CCN(C(=O)[C@H]2CCO2)C1. The number of ether oxygens (including phenoxy) is 2. The maximum atomic E-state index is 15.7. The van der Waals surface area contributed by atoms with Crippen LogP contribution in [0.15, 0.2) is 34.6 Å². The lowest BCUT2D eigenvalue weighted by Crippen LogP contribution is -2.46. The molecule has 1 aromatic heterocycles. The lowest BCUT2D eigenvalue weighted by Gasteiger charge is -2.34. The molecule has 1 aliphatic carbocycles. The minimum absolute atomic E-state index is 0.0652. The molecule has 300 valence electrons. The van der Waals surface area contributed by atoms with Crippen LogP contribution in [0.2, 0.25) is 0 Å². The molecule has 0 radical (unpaired) electrons. The van der Waals surface area contributed by atoms with Crippen LogP contribution >= 0.6 is 11.8 Å². The van der Waals surface area contributed by atoms with E-state index in [1.807, 2.05) is 4.90 Å². The number of allylic oxidation sites excluding steroid dienone is 4. The van der Waals surface area contributed by atoms with E-state index in [4.69, 9.17) is 15.2 Å². The Balaban J connectivity index is 1.34. The molecule has 0 bridgehead atoms. The number of fused-ring (bicyclic) bond motifs is 3. The molecule has 19 heteroatoms. The monoisotopic (exact) mass is 811 g/mol. The van der Waals surface area contributed by atoms with Gasteiger partial charge in [-0.2, -0.15) is 41.6 Å². The van der Waals surface area contributed by atoms with E-state index in [9.17, 15) is 14.4 Å². The third-order valence-electron chi connectivity index (χ3n) is 11.8. The number of nitrogens with two attached hydrogens (primary N) is 1. The zero-order chi connectivity index (χ0) is 39.9. The Morgan fingerprint density at radius 1 is 1.16 bits per heavy atom. The fourth-order valence-electron chi connectivity index (χ4n) is 9.21. The molecule has 4 fully saturated rings. The average Bonchev–Trinajstić information content (AvgIpc) is 3.88. The van der Waals surface area contributed by atoms with Gasteiger partial charge in [0.1, 0.15) is 30.5 Å². The van der Waals surface area contributed by atoms with Crippen molar-refractivity contribution in [3.63, 3.8) is 0 Å². The number of benzene rings is 1. The highest BCUT2D eigenvalue weighted by molar-refractivity contribution is 8.04. The van der Waals surface area contributed by atoms with E-state index in [0.717, 1.165) is 18.6 Å². The topological polar surface area (TPSA) is 121 Å². The van der Waals surface area contributed by atoms with Crippen LogP contribution in [-0.4, -0.2) is 101 Å². The summed E-state index contributed by atoms with van der Waals surface area (Å²) in [7, 11) is 0. The summed E-state index contributed by atoms with van der Waals surface area (Å²) in [6, 6.07) is 1.21. The van der Waals surface area contributed by atoms with Crippen molar-refractivity contribution in [2.24, 2.45) is 11.7 Å². The number of nitriles is 1. The van der Waals surface area contributed by atoms with Gasteiger partial charge in [-0.25, -0.2) is 8.78 Å². The predicted octanol–water partition coefficient (Wildman–Crippen LogP) is 6.51. The second kappa shape index (κ2) is 14.0. The van der Waals surface area contributed by atoms with Gasteiger partial charge in [-0.1, -0.05) is 17.8 Å². The third-order valence-corrected chi connectivity index (χ3v) is 13.1. The fraction of sp³-hybridized carbons (Fsp3) is 0.568. The number of likely N-dealkylation sites (N-methyl/N-ethyl adjacent to an activating group) is 1. The molecule has 0 spiro atoms. The molecule has 56 heavy (non-hydrogen) atoms. The maximum absolute atomic E-state index is 15.7. The number of anilines is 1. The lowest BCUT2D eigenvalue weighted by atomic mass is 9.77. The standard InChI is InChI=1S/C37H37F8N7O3S/c1-2-52(19-6-10-50(16-19)33(53)25-7-11-54-25)32-21-12-23(36(40,41)42)27(20-4-5-24(39)30-26(20)22(14-46)31(47)56-30)28(37(43,44)45)29(21)48-34(49-32)55-17-35-8-3-9-51(35)15-18(38)13-35/h4-5,12,18-19,25-26,30H,2-3,6-11,13,15-17,47H2,1H3/t18-,19+,25-,26?,30?,35+/m1/s1. The predicted molar refractivity (Wildman–Crippen MR) is 189 cm³/mol. The van der Waals surface area contributed by atoms with Gasteiger partial charge in [-0.05, 0) is 50.4 Å². The summed E-state index contributed by atoms with van der Waals surface area (Å²) >= 11 is 0.649. The normalized spacial score (nSPS) is 29.2. The first-order chi connectivity index (χ1) is 26.5. The second-order valence-electron chi connectivity index (χ2n) is 15.0. The van der Waals surface area contributed by atoms with Crippen molar-refractivity contribution in [1.82, 2.24) is 19.8 Å². The minimum atomic E-state index is -5.49. The van der Waals surface area contributed by atoms with Crippen molar-refractivity contribution in [3.8, 4) is 12.1 Å². The van der Waals surface area contributed by atoms with Crippen molar-refractivity contribution < 1.29 is 49.4 Å². The molecule has 5 aliphatic heterocycles. The number of halogens is 8. The van der Waals surface area contributed by atoms with Gasteiger partial charge < -0.3 is 25.0 Å². The highest BCUT2D eigenvalue weighted by Crippen LogP contribution is 2.56. The molecule has 2 unspecified atom stereocenters. The molecule has 1 aromatic carbocycles. The zero-order valence-electron chi connectivity index (χ0n) is 30.0. The minimum Gasteiger partial charge on any atom is -0.461 e. The number of nitrogens with zero attached hydrogens (tertiary/aromatic N) is 6. The Kier molecular flexibility index (Phi) is 9.71. The Morgan fingerprint density at radius 3 is 2.59 bits per heavy atom. The Hall–Kier alpha value is -4.15. The number of hydrogen-bond donors (Lipinski definition) is 1. The molecule has 6 aliphatic rings. The molecule has 10 nitrogen and oxygen atoms in total. The highest BCUT2D eigenvalue weighted by atomic mass is 32.2. The summed E-state index contributed by atoms with van der Waals surface area (Å²) < 4.78 is 134. The van der Waals surface area contributed by atoms with E-state index in [1.165, 1.54) is 0 Å². The highest BCUT2D eigenvalue weighted by Gasteiger charge is 2.52. The van der Waals surface area contributed by atoms with Crippen LogP contribution in [0.25, 0.3) is 16.5 Å². The van der Waals surface area contributed by atoms with E-state index in [1.54, 1.807) is 22.8 Å².